The molecule has 0 unspecified atom stereocenters. The summed E-state index contributed by atoms with van der Waals surface area (Å²) in [4.78, 5) is 0. The Morgan fingerprint density at radius 3 is 1.11 bits per heavy atom. The van der Waals surface area contributed by atoms with Crippen LogP contribution in [0, 0.1) is 0 Å². The maximum Gasteiger partial charge on any atom is 0.0713 e. The van der Waals surface area contributed by atoms with Crippen LogP contribution in [0.1, 0.15) is 22.3 Å². The molecule has 0 radical (unpaired) electrons. The van der Waals surface area contributed by atoms with E-state index < -0.39 is 5.41 Å². The van der Waals surface area contributed by atoms with Gasteiger partial charge < -0.3 is 11.5 Å². The molecule has 222 valence electrons. The highest BCUT2D eigenvalue weighted by molar-refractivity contribution is 5.94. The molecule has 0 saturated heterocycles. The number of hydrogen-bond donors (Lipinski definition) is 2. The molecule has 0 bridgehead atoms. The molecular weight excluding hydrogens is 569 g/mol. The predicted octanol–water partition coefficient (Wildman–Crippen LogP) is 10.9. The fourth-order valence-corrected chi connectivity index (χ4v) is 7.69. The molecule has 0 heterocycles. The Labute approximate surface area is 274 Å². The van der Waals surface area contributed by atoms with Crippen LogP contribution in [0.25, 0.3) is 54.9 Å². The summed E-state index contributed by atoms with van der Waals surface area (Å²) in [7, 11) is 0. The van der Waals surface area contributed by atoms with Crippen LogP contribution in [0.15, 0.2) is 170 Å². The minimum Gasteiger partial charge on any atom is -0.399 e. The van der Waals surface area contributed by atoms with Crippen molar-refractivity contribution in [3.05, 3.63) is 192 Å². The Bertz CT molecular complexity index is 2300. The molecule has 2 heteroatoms. The van der Waals surface area contributed by atoms with Crippen LogP contribution in [-0.2, 0) is 5.41 Å². The highest BCUT2D eigenvalue weighted by Gasteiger charge is 2.46. The van der Waals surface area contributed by atoms with E-state index in [0.29, 0.717) is 0 Å². The van der Waals surface area contributed by atoms with E-state index in [0.717, 1.165) is 11.4 Å². The topological polar surface area (TPSA) is 52.0 Å². The Morgan fingerprint density at radius 2 is 0.681 bits per heavy atom. The average Bonchev–Trinajstić information content (AvgIpc) is 3.41. The standard InChI is InChI=1S/C45H32N2/c46-39-19-15-37(16-20-39)45(38-17-21-40(47)22-18-38)43-23-13-35(33-11-9-29-5-1-3-7-31(29)25-33)27-41(43)42-28-36(14-24-44(42)45)34-12-10-30-6-2-4-8-32(30)26-34/h1-28H,46-47H2. The summed E-state index contributed by atoms with van der Waals surface area (Å²) >= 11 is 0. The van der Waals surface area contributed by atoms with Crippen molar-refractivity contribution in [2.45, 2.75) is 5.41 Å². The largest absolute Gasteiger partial charge is 0.399 e. The van der Waals surface area contributed by atoms with Gasteiger partial charge in [0, 0.05) is 11.4 Å². The second kappa shape index (κ2) is 10.5. The zero-order chi connectivity index (χ0) is 31.5. The van der Waals surface area contributed by atoms with E-state index in [1.54, 1.807) is 0 Å². The van der Waals surface area contributed by atoms with Gasteiger partial charge in [-0.1, -0.05) is 121 Å². The van der Waals surface area contributed by atoms with E-state index in [1.165, 1.54) is 77.2 Å². The molecule has 1 aliphatic rings. The molecule has 9 rings (SSSR count). The van der Waals surface area contributed by atoms with Crippen LogP contribution in [0.5, 0.6) is 0 Å². The molecule has 0 atom stereocenters. The number of nitrogen functional groups attached to an aromatic ring is 2. The van der Waals surface area contributed by atoms with E-state index in [-0.39, 0.29) is 0 Å². The molecule has 47 heavy (non-hydrogen) atoms. The summed E-state index contributed by atoms with van der Waals surface area (Å²) in [5.41, 5.74) is 25.6. The Balaban J connectivity index is 1.33. The molecule has 8 aromatic carbocycles. The maximum atomic E-state index is 6.25. The van der Waals surface area contributed by atoms with Crippen molar-refractivity contribution < 1.29 is 0 Å². The van der Waals surface area contributed by atoms with Crippen LogP contribution >= 0.6 is 0 Å². The van der Waals surface area contributed by atoms with Crippen LogP contribution in [0.2, 0.25) is 0 Å². The summed E-state index contributed by atoms with van der Waals surface area (Å²) in [6.07, 6.45) is 0. The lowest BCUT2D eigenvalue weighted by molar-refractivity contribution is 0.769. The highest BCUT2D eigenvalue weighted by atomic mass is 14.6. The monoisotopic (exact) mass is 600 g/mol. The van der Waals surface area contributed by atoms with Crippen molar-refractivity contribution in [2.24, 2.45) is 0 Å². The van der Waals surface area contributed by atoms with Gasteiger partial charge in [0.15, 0.2) is 0 Å². The van der Waals surface area contributed by atoms with Gasteiger partial charge in [-0.15, -0.1) is 0 Å². The van der Waals surface area contributed by atoms with Crippen molar-refractivity contribution in [3.63, 3.8) is 0 Å². The Kier molecular flexibility index (Phi) is 6.06. The van der Waals surface area contributed by atoms with E-state index in [1.807, 2.05) is 24.3 Å². The zero-order valence-corrected chi connectivity index (χ0v) is 25.8. The molecule has 0 spiro atoms. The predicted molar refractivity (Wildman–Crippen MR) is 198 cm³/mol. The molecular formula is C45H32N2. The van der Waals surface area contributed by atoms with Crippen molar-refractivity contribution in [1.29, 1.82) is 0 Å². The number of benzene rings is 8. The lowest BCUT2D eigenvalue weighted by Gasteiger charge is -2.34. The SMILES string of the molecule is Nc1ccc(C2(c3ccc(N)cc3)c3ccc(-c4ccc5ccccc5c4)cc3-c3cc(-c4ccc5ccccc5c4)ccc32)cc1. The smallest absolute Gasteiger partial charge is 0.0713 e. The first-order chi connectivity index (χ1) is 23.1. The first-order valence-electron chi connectivity index (χ1n) is 16.1. The van der Waals surface area contributed by atoms with Gasteiger partial charge in [-0.05, 0) is 126 Å². The van der Waals surface area contributed by atoms with Crippen LogP contribution in [-0.4, -0.2) is 0 Å². The first-order valence-corrected chi connectivity index (χ1v) is 16.1. The Hall–Kier alpha value is -6.12. The molecule has 1 aliphatic carbocycles. The second-order valence-electron chi connectivity index (χ2n) is 12.6. The van der Waals surface area contributed by atoms with Crippen molar-refractivity contribution >= 4 is 32.9 Å². The number of nitrogens with two attached hydrogens (primary N) is 2. The van der Waals surface area contributed by atoms with Gasteiger partial charge in [0.05, 0.1) is 5.41 Å². The summed E-state index contributed by atoms with van der Waals surface area (Å²) in [5, 5.41) is 4.96. The summed E-state index contributed by atoms with van der Waals surface area (Å²) < 4.78 is 0. The van der Waals surface area contributed by atoms with Crippen molar-refractivity contribution in [1.82, 2.24) is 0 Å². The van der Waals surface area contributed by atoms with E-state index in [9.17, 15) is 0 Å². The van der Waals surface area contributed by atoms with Crippen molar-refractivity contribution in [3.8, 4) is 33.4 Å². The van der Waals surface area contributed by atoms with Gasteiger partial charge in [0.1, 0.15) is 0 Å². The third kappa shape index (κ3) is 4.26. The summed E-state index contributed by atoms with van der Waals surface area (Å²) in [5.74, 6) is 0. The van der Waals surface area contributed by atoms with Crippen molar-refractivity contribution in [2.75, 3.05) is 11.5 Å². The molecule has 0 fully saturated rings. The van der Waals surface area contributed by atoms with Gasteiger partial charge in [0.25, 0.3) is 0 Å². The van der Waals surface area contributed by atoms with Gasteiger partial charge in [-0.2, -0.15) is 0 Å². The number of anilines is 2. The van der Waals surface area contributed by atoms with Crippen LogP contribution in [0.4, 0.5) is 11.4 Å². The van der Waals surface area contributed by atoms with Gasteiger partial charge in [0.2, 0.25) is 0 Å². The average molecular weight is 601 g/mol. The fraction of sp³-hybridized carbons (Fsp3) is 0.0222. The number of fused-ring (bicyclic) bond motifs is 5. The van der Waals surface area contributed by atoms with E-state index >= 15 is 0 Å². The third-order valence-electron chi connectivity index (χ3n) is 9.99. The first kappa shape index (κ1) is 27.2. The van der Waals surface area contributed by atoms with Gasteiger partial charge in [-0.25, -0.2) is 0 Å². The molecule has 2 nitrogen and oxygen atoms in total. The van der Waals surface area contributed by atoms with E-state index in [2.05, 4.69) is 146 Å². The molecule has 0 amide bonds. The maximum absolute atomic E-state index is 6.25. The molecule has 8 aromatic rings. The quantitative estimate of drug-likeness (QED) is 0.197. The number of rotatable bonds is 4. The lowest BCUT2D eigenvalue weighted by atomic mass is 9.67. The third-order valence-corrected chi connectivity index (χ3v) is 9.99. The minimum absolute atomic E-state index is 0.546. The van der Waals surface area contributed by atoms with Gasteiger partial charge in [-0.3, -0.25) is 0 Å². The fourth-order valence-electron chi connectivity index (χ4n) is 7.69. The number of hydrogen-bond acceptors (Lipinski definition) is 2. The summed E-state index contributed by atoms with van der Waals surface area (Å²) in [6.45, 7) is 0. The van der Waals surface area contributed by atoms with Crippen LogP contribution < -0.4 is 11.5 Å². The molecule has 0 aliphatic heterocycles. The van der Waals surface area contributed by atoms with E-state index in [4.69, 9.17) is 11.5 Å². The minimum atomic E-state index is -0.546. The Morgan fingerprint density at radius 1 is 0.319 bits per heavy atom. The molecule has 0 aromatic heterocycles. The summed E-state index contributed by atoms with van der Waals surface area (Å²) in [6, 6.07) is 61.4. The van der Waals surface area contributed by atoms with Gasteiger partial charge >= 0.3 is 0 Å². The highest BCUT2D eigenvalue weighted by Crippen LogP contribution is 2.57. The molecule has 0 saturated carbocycles. The molecule has 4 N–H and O–H groups in total. The normalized spacial score (nSPS) is 13.0. The van der Waals surface area contributed by atoms with Crippen LogP contribution in [0.3, 0.4) is 0 Å². The second-order valence-corrected chi connectivity index (χ2v) is 12.6. The zero-order valence-electron chi connectivity index (χ0n) is 25.8. The lowest BCUT2D eigenvalue weighted by Crippen LogP contribution is -2.28.